The van der Waals surface area contributed by atoms with E-state index in [-0.39, 0.29) is 11.6 Å². The molecule has 1 saturated heterocycles. The molecule has 0 N–H and O–H groups in total. The highest BCUT2D eigenvalue weighted by Crippen LogP contribution is 2.54. The number of benzene rings is 1. The Morgan fingerprint density at radius 2 is 2.03 bits per heavy atom. The molecule has 5 nitrogen and oxygen atoms in total. The summed E-state index contributed by atoms with van der Waals surface area (Å²) in [6.45, 7) is 12.0. The van der Waals surface area contributed by atoms with Crippen LogP contribution in [-0.2, 0) is 9.53 Å². The zero-order valence-electron chi connectivity index (χ0n) is 20.0. The number of rotatable bonds is 8. The van der Waals surface area contributed by atoms with E-state index < -0.39 is 0 Å². The Morgan fingerprint density at radius 1 is 1.25 bits per heavy atom. The molecule has 1 fully saturated rings. The second-order valence-electron chi connectivity index (χ2n) is 9.67. The largest absolute Gasteiger partial charge is 0.482 e. The van der Waals surface area contributed by atoms with Gasteiger partial charge in [0.05, 0.1) is 25.3 Å². The van der Waals surface area contributed by atoms with Gasteiger partial charge in [0.15, 0.2) is 0 Å². The molecular formula is C26H37NO4S. The maximum absolute atomic E-state index is 12.9. The van der Waals surface area contributed by atoms with Crippen LogP contribution in [0.15, 0.2) is 17.0 Å². The Kier molecular flexibility index (Phi) is 7.53. The standard InChI is InChI=1S/C26H37NO4S/c1-5-6-7-8-18(2)19-15-21(30-23(28)17-27-10-12-29-13-11-27)24-20-9-14-32-25(20)26(3,4)31-22(24)16-19/h15-16,18H,5-14,17H2,1-4H3. The van der Waals surface area contributed by atoms with E-state index >= 15 is 0 Å². The molecule has 0 amide bonds. The Bertz CT molecular complexity index is 873. The van der Waals surface area contributed by atoms with Crippen LogP contribution in [0.25, 0.3) is 5.57 Å². The van der Waals surface area contributed by atoms with E-state index in [4.69, 9.17) is 14.2 Å². The minimum Gasteiger partial charge on any atom is -0.482 e. The lowest BCUT2D eigenvalue weighted by Crippen LogP contribution is -2.40. The topological polar surface area (TPSA) is 48.0 Å². The number of esters is 1. The number of morpholine rings is 1. The quantitative estimate of drug-likeness (QED) is 0.285. The van der Waals surface area contributed by atoms with E-state index in [1.54, 1.807) is 0 Å². The molecule has 0 radical (unpaired) electrons. The van der Waals surface area contributed by atoms with Crippen molar-refractivity contribution in [3.8, 4) is 11.5 Å². The van der Waals surface area contributed by atoms with Crippen LogP contribution in [0.1, 0.15) is 76.8 Å². The fourth-order valence-corrected chi connectivity index (χ4v) is 6.15. The van der Waals surface area contributed by atoms with Crippen molar-refractivity contribution in [3.63, 3.8) is 0 Å². The first kappa shape index (κ1) is 23.7. The van der Waals surface area contributed by atoms with Gasteiger partial charge in [-0.2, -0.15) is 0 Å². The summed E-state index contributed by atoms with van der Waals surface area (Å²) in [4.78, 5) is 16.3. The first-order chi connectivity index (χ1) is 15.4. The number of thioether (sulfide) groups is 1. The summed E-state index contributed by atoms with van der Waals surface area (Å²) >= 11 is 1.87. The molecule has 1 aromatic rings. The van der Waals surface area contributed by atoms with Crippen LogP contribution in [0, 0.1) is 0 Å². The Hall–Kier alpha value is -1.50. The lowest BCUT2D eigenvalue weighted by molar-refractivity contribution is -0.136. The third-order valence-corrected chi connectivity index (χ3v) is 8.10. The fraction of sp³-hybridized carbons (Fsp3) is 0.654. The monoisotopic (exact) mass is 459 g/mol. The summed E-state index contributed by atoms with van der Waals surface area (Å²) in [6.07, 6.45) is 5.78. The van der Waals surface area contributed by atoms with Gasteiger partial charge < -0.3 is 14.2 Å². The molecule has 0 spiro atoms. The zero-order valence-corrected chi connectivity index (χ0v) is 20.8. The normalized spacial score (nSPS) is 21.0. The number of carbonyl (C=O) groups excluding carboxylic acids is 1. The fourth-order valence-electron chi connectivity index (χ4n) is 4.87. The number of unbranched alkanes of at least 4 members (excludes halogenated alkanes) is 2. The van der Waals surface area contributed by atoms with Crippen LogP contribution in [0.2, 0.25) is 0 Å². The van der Waals surface area contributed by atoms with Gasteiger partial charge in [-0.05, 0) is 55.9 Å². The minimum absolute atomic E-state index is 0.206. The lowest BCUT2D eigenvalue weighted by atomic mass is 9.88. The Morgan fingerprint density at radius 3 is 2.78 bits per heavy atom. The maximum atomic E-state index is 12.9. The van der Waals surface area contributed by atoms with E-state index in [9.17, 15) is 4.79 Å². The maximum Gasteiger partial charge on any atom is 0.325 e. The van der Waals surface area contributed by atoms with Gasteiger partial charge in [-0.25, -0.2) is 0 Å². The van der Waals surface area contributed by atoms with Crippen LogP contribution >= 0.6 is 11.8 Å². The first-order valence-corrected chi connectivity index (χ1v) is 13.1. The summed E-state index contributed by atoms with van der Waals surface area (Å²) in [7, 11) is 0. The molecule has 0 saturated carbocycles. The van der Waals surface area contributed by atoms with Gasteiger partial charge in [0.2, 0.25) is 0 Å². The average molecular weight is 460 g/mol. The van der Waals surface area contributed by atoms with Gasteiger partial charge in [-0.1, -0.05) is 33.1 Å². The van der Waals surface area contributed by atoms with Crippen LogP contribution in [0.5, 0.6) is 11.5 Å². The number of nitrogens with zero attached hydrogens (tertiary/aromatic N) is 1. The van der Waals surface area contributed by atoms with Crippen LogP contribution in [0.3, 0.4) is 0 Å². The van der Waals surface area contributed by atoms with Crippen LogP contribution in [-0.4, -0.2) is 55.1 Å². The second kappa shape index (κ2) is 10.2. The highest BCUT2D eigenvalue weighted by Gasteiger charge is 2.40. The van der Waals surface area contributed by atoms with E-state index in [0.29, 0.717) is 31.4 Å². The molecular weight excluding hydrogens is 422 g/mol. The summed E-state index contributed by atoms with van der Waals surface area (Å²) in [5.41, 5.74) is 3.13. The number of hydrogen-bond donors (Lipinski definition) is 0. The summed E-state index contributed by atoms with van der Waals surface area (Å²) in [5.74, 6) is 2.77. The van der Waals surface area contributed by atoms with Crippen molar-refractivity contribution in [2.75, 3.05) is 38.6 Å². The minimum atomic E-state index is -0.345. The van der Waals surface area contributed by atoms with Crippen LogP contribution < -0.4 is 9.47 Å². The molecule has 3 heterocycles. The zero-order chi connectivity index (χ0) is 22.7. The first-order valence-electron chi connectivity index (χ1n) is 12.1. The number of allylic oxidation sites excluding steroid dienone is 1. The van der Waals surface area contributed by atoms with E-state index in [1.165, 1.54) is 35.3 Å². The molecule has 1 aromatic carbocycles. The SMILES string of the molecule is CCCCCC(C)c1cc(OC(=O)CN2CCOCC2)c2c(c1)OC(C)(C)C1=C2CCS1. The summed E-state index contributed by atoms with van der Waals surface area (Å²) in [6, 6.07) is 4.29. The molecule has 32 heavy (non-hydrogen) atoms. The van der Waals surface area contributed by atoms with Gasteiger partial charge in [-0.15, -0.1) is 11.8 Å². The van der Waals surface area contributed by atoms with Gasteiger partial charge in [0.1, 0.15) is 17.1 Å². The Labute approximate surface area is 196 Å². The second-order valence-corrected chi connectivity index (χ2v) is 10.8. The molecule has 1 atom stereocenters. The van der Waals surface area contributed by atoms with Gasteiger partial charge >= 0.3 is 5.97 Å². The molecule has 0 aromatic heterocycles. The predicted molar refractivity (Wildman–Crippen MR) is 131 cm³/mol. The predicted octanol–water partition coefficient (Wildman–Crippen LogP) is 5.63. The van der Waals surface area contributed by atoms with Gasteiger partial charge in [0.25, 0.3) is 0 Å². The van der Waals surface area contributed by atoms with E-state index in [1.807, 2.05) is 11.8 Å². The molecule has 3 aliphatic heterocycles. The summed E-state index contributed by atoms with van der Waals surface area (Å²) in [5, 5.41) is 0. The highest BCUT2D eigenvalue weighted by atomic mass is 32.2. The smallest absolute Gasteiger partial charge is 0.325 e. The van der Waals surface area contributed by atoms with Gasteiger partial charge in [-0.3, -0.25) is 9.69 Å². The molecule has 6 heteroatoms. The molecule has 176 valence electrons. The molecule has 3 aliphatic rings. The van der Waals surface area contributed by atoms with Crippen LogP contribution in [0.4, 0.5) is 0 Å². The lowest BCUT2D eigenvalue weighted by Gasteiger charge is -2.35. The number of carbonyl (C=O) groups is 1. The van der Waals surface area contributed by atoms with Gasteiger partial charge in [0, 0.05) is 23.7 Å². The molecule has 0 aliphatic carbocycles. The molecule has 4 rings (SSSR count). The van der Waals surface area contributed by atoms with E-state index in [2.05, 4.69) is 44.7 Å². The van der Waals surface area contributed by atoms with Crippen molar-refractivity contribution in [1.29, 1.82) is 0 Å². The average Bonchev–Trinajstić information content (AvgIpc) is 3.25. The highest BCUT2D eigenvalue weighted by molar-refractivity contribution is 8.03. The van der Waals surface area contributed by atoms with Crippen molar-refractivity contribution in [1.82, 2.24) is 4.90 Å². The van der Waals surface area contributed by atoms with E-state index in [0.717, 1.165) is 43.0 Å². The number of hydrogen-bond acceptors (Lipinski definition) is 6. The number of fused-ring (bicyclic) bond motifs is 2. The van der Waals surface area contributed by atoms with Crippen molar-refractivity contribution < 1.29 is 19.0 Å². The summed E-state index contributed by atoms with van der Waals surface area (Å²) < 4.78 is 18.0. The Balaban J connectivity index is 1.64. The molecule has 0 bridgehead atoms. The number of ether oxygens (including phenoxy) is 3. The van der Waals surface area contributed by atoms with Crippen molar-refractivity contribution >= 4 is 23.3 Å². The van der Waals surface area contributed by atoms with Crippen molar-refractivity contribution in [2.24, 2.45) is 0 Å². The van der Waals surface area contributed by atoms with Crippen molar-refractivity contribution in [2.45, 2.75) is 71.3 Å². The van der Waals surface area contributed by atoms with Crippen molar-refractivity contribution in [3.05, 3.63) is 28.2 Å². The third kappa shape index (κ3) is 5.18. The molecule has 1 unspecified atom stereocenters. The third-order valence-electron chi connectivity index (χ3n) is 6.66.